The Labute approximate surface area is 106 Å². The van der Waals surface area contributed by atoms with E-state index in [9.17, 15) is 23.2 Å². The van der Waals surface area contributed by atoms with Crippen LogP contribution in [0.15, 0.2) is 18.2 Å². The molecule has 1 rings (SSSR count). The maximum atomic E-state index is 12.5. The number of carbonyl (C=O) groups excluding carboxylic acids is 1. The van der Waals surface area contributed by atoms with Crippen molar-refractivity contribution in [2.45, 2.75) is 13.1 Å². The average Bonchev–Trinajstić information content (AvgIpc) is 2.27. The largest absolute Gasteiger partial charge is 0.416 e. The highest BCUT2D eigenvalue weighted by molar-refractivity contribution is 6.33. The molecular weight excluding hydrogens is 273 g/mol. The van der Waals surface area contributed by atoms with Crippen molar-refractivity contribution in [2.24, 2.45) is 0 Å². The van der Waals surface area contributed by atoms with Crippen molar-refractivity contribution in [3.05, 3.63) is 28.8 Å². The van der Waals surface area contributed by atoms with Crippen molar-refractivity contribution >= 4 is 23.3 Å². The van der Waals surface area contributed by atoms with E-state index in [0.717, 1.165) is 12.1 Å². The highest BCUT2D eigenvalue weighted by Crippen LogP contribution is 2.34. The van der Waals surface area contributed by atoms with Gasteiger partial charge in [0.25, 0.3) is 0 Å². The Hall–Kier alpha value is -1.47. The molecule has 0 atom stereocenters. The van der Waals surface area contributed by atoms with Gasteiger partial charge in [-0.2, -0.15) is 18.2 Å². The van der Waals surface area contributed by atoms with Crippen LogP contribution in [0.4, 0.5) is 23.7 Å². The molecule has 0 aliphatic carbocycles. The van der Waals surface area contributed by atoms with Gasteiger partial charge >= 0.3 is 12.2 Å². The molecule has 0 radical (unpaired) electrons. The van der Waals surface area contributed by atoms with Crippen LogP contribution in [-0.4, -0.2) is 17.8 Å². The predicted molar refractivity (Wildman–Crippen MR) is 59.8 cm³/mol. The molecule has 100 valence electrons. The summed E-state index contributed by atoms with van der Waals surface area (Å²) in [5, 5.41) is 11.6. The van der Waals surface area contributed by atoms with E-state index in [4.69, 9.17) is 11.6 Å². The van der Waals surface area contributed by atoms with Gasteiger partial charge in [-0.3, -0.25) is 5.21 Å². The topological polar surface area (TPSA) is 52.6 Å². The number of hydrogen-bond donors (Lipinski definition) is 2. The zero-order chi connectivity index (χ0) is 13.9. The standard InChI is InChI=1S/C10H10ClF3N2O2/c1-2-15-9(17)16(18)8-5-6(10(12,13)14)3-4-7(8)11/h3-5,18H,2H2,1H3,(H,15,17). The molecule has 18 heavy (non-hydrogen) atoms. The summed E-state index contributed by atoms with van der Waals surface area (Å²) < 4.78 is 37.4. The molecule has 0 aliphatic rings. The van der Waals surface area contributed by atoms with Crippen molar-refractivity contribution < 1.29 is 23.2 Å². The number of nitrogens with one attached hydrogen (secondary N) is 1. The van der Waals surface area contributed by atoms with E-state index < -0.39 is 23.5 Å². The van der Waals surface area contributed by atoms with Crippen molar-refractivity contribution in [3.63, 3.8) is 0 Å². The van der Waals surface area contributed by atoms with Crippen LogP contribution in [0.2, 0.25) is 5.02 Å². The minimum atomic E-state index is -4.58. The third-order valence-corrected chi connectivity index (χ3v) is 2.34. The molecule has 0 aliphatic heterocycles. The van der Waals surface area contributed by atoms with Crippen LogP contribution in [-0.2, 0) is 6.18 Å². The molecule has 0 heterocycles. The zero-order valence-corrected chi connectivity index (χ0v) is 10.0. The first-order valence-electron chi connectivity index (χ1n) is 4.91. The van der Waals surface area contributed by atoms with Gasteiger partial charge in [0.2, 0.25) is 0 Å². The fourth-order valence-corrected chi connectivity index (χ4v) is 1.38. The number of amides is 2. The number of anilines is 1. The first-order valence-corrected chi connectivity index (χ1v) is 5.28. The lowest BCUT2D eigenvalue weighted by Crippen LogP contribution is -2.37. The van der Waals surface area contributed by atoms with Crippen LogP contribution in [0.25, 0.3) is 0 Å². The van der Waals surface area contributed by atoms with Crippen LogP contribution in [0.1, 0.15) is 12.5 Å². The van der Waals surface area contributed by atoms with Crippen LogP contribution in [0.5, 0.6) is 0 Å². The summed E-state index contributed by atoms with van der Waals surface area (Å²) in [4.78, 5) is 11.3. The molecule has 2 amide bonds. The second kappa shape index (κ2) is 5.45. The minimum Gasteiger partial charge on any atom is -0.336 e. The fraction of sp³-hybridized carbons (Fsp3) is 0.300. The molecule has 1 aromatic carbocycles. The normalized spacial score (nSPS) is 11.2. The molecule has 0 bridgehead atoms. The van der Waals surface area contributed by atoms with Gasteiger partial charge in [0.1, 0.15) is 0 Å². The van der Waals surface area contributed by atoms with Gasteiger partial charge in [-0.05, 0) is 25.1 Å². The molecule has 8 heteroatoms. The molecular formula is C10H10ClF3N2O2. The molecule has 0 aromatic heterocycles. The minimum absolute atomic E-state index is 0.0427. The molecule has 4 nitrogen and oxygen atoms in total. The van der Waals surface area contributed by atoms with Gasteiger partial charge in [0, 0.05) is 6.54 Å². The van der Waals surface area contributed by atoms with Crippen LogP contribution in [0, 0.1) is 0 Å². The number of halogens is 4. The average molecular weight is 283 g/mol. The van der Waals surface area contributed by atoms with Gasteiger partial charge in [0.15, 0.2) is 0 Å². The lowest BCUT2D eigenvalue weighted by atomic mass is 10.2. The summed E-state index contributed by atoms with van der Waals surface area (Å²) in [5.74, 6) is 0. The molecule has 0 spiro atoms. The van der Waals surface area contributed by atoms with Gasteiger partial charge in [-0.1, -0.05) is 11.6 Å². The summed E-state index contributed by atoms with van der Waals surface area (Å²) in [5.41, 5.74) is -1.44. The van der Waals surface area contributed by atoms with Gasteiger partial charge in [0.05, 0.1) is 16.3 Å². The Kier molecular flexibility index (Phi) is 4.42. The van der Waals surface area contributed by atoms with E-state index in [1.165, 1.54) is 0 Å². The summed E-state index contributed by atoms with van der Waals surface area (Å²) in [6.07, 6.45) is -4.58. The Bertz CT molecular complexity index is 451. The lowest BCUT2D eigenvalue weighted by Gasteiger charge is -2.18. The SMILES string of the molecule is CCNC(=O)N(O)c1cc(C(F)(F)F)ccc1Cl. The maximum absolute atomic E-state index is 12.5. The van der Waals surface area contributed by atoms with Crippen LogP contribution < -0.4 is 10.4 Å². The summed E-state index contributed by atoms with van der Waals surface area (Å²) in [7, 11) is 0. The van der Waals surface area contributed by atoms with E-state index in [1.807, 2.05) is 0 Å². The second-order valence-electron chi connectivity index (χ2n) is 3.31. The summed E-state index contributed by atoms with van der Waals surface area (Å²) in [6, 6.07) is 1.36. The number of hydrogen-bond acceptors (Lipinski definition) is 2. The Morgan fingerprint density at radius 1 is 1.50 bits per heavy atom. The first kappa shape index (κ1) is 14.6. The number of urea groups is 1. The third kappa shape index (κ3) is 3.27. The summed E-state index contributed by atoms with van der Waals surface area (Å²) >= 11 is 5.64. The van der Waals surface area contributed by atoms with Crippen LogP contribution >= 0.6 is 11.6 Å². The smallest absolute Gasteiger partial charge is 0.336 e. The highest BCUT2D eigenvalue weighted by Gasteiger charge is 2.32. The van der Waals surface area contributed by atoms with Crippen LogP contribution in [0.3, 0.4) is 0 Å². The van der Waals surface area contributed by atoms with Gasteiger partial charge in [-0.15, -0.1) is 0 Å². The quantitative estimate of drug-likeness (QED) is 0.646. The van der Waals surface area contributed by atoms with Crippen molar-refractivity contribution in [2.75, 3.05) is 11.6 Å². The van der Waals surface area contributed by atoms with Gasteiger partial charge < -0.3 is 5.32 Å². The molecule has 2 N–H and O–H groups in total. The monoisotopic (exact) mass is 282 g/mol. The predicted octanol–water partition coefficient (Wildman–Crippen LogP) is 3.28. The van der Waals surface area contributed by atoms with Crippen molar-refractivity contribution in [3.8, 4) is 0 Å². The lowest BCUT2D eigenvalue weighted by molar-refractivity contribution is -0.137. The van der Waals surface area contributed by atoms with E-state index in [2.05, 4.69) is 5.32 Å². The Morgan fingerprint density at radius 3 is 2.61 bits per heavy atom. The number of carbonyl (C=O) groups is 1. The van der Waals surface area contributed by atoms with Crippen molar-refractivity contribution in [1.82, 2.24) is 5.32 Å². The van der Waals surface area contributed by atoms with E-state index >= 15 is 0 Å². The number of nitrogens with zero attached hydrogens (tertiary/aromatic N) is 1. The van der Waals surface area contributed by atoms with Gasteiger partial charge in [-0.25, -0.2) is 4.79 Å². The molecule has 0 saturated carbocycles. The Morgan fingerprint density at radius 2 is 2.11 bits per heavy atom. The third-order valence-electron chi connectivity index (χ3n) is 2.02. The fourth-order valence-electron chi connectivity index (χ4n) is 1.19. The maximum Gasteiger partial charge on any atom is 0.416 e. The molecule has 0 fully saturated rings. The number of rotatable bonds is 2. The molecule has 0 unspecified atom stereocenters. The first-order chi connectivity index (χ1) is 8.27. The molecule has 1 aromatic rings. The second-order valence-corrected chi connectivity index (χ2v) is 3.72. The molecule has 0 saturated heterocycles. The number of alkyl halides is 3. The van der Waals surface area contributed by atoms with E-state index in [1.54, 1.807) is 6.92 Å². The summed E-state index contributed by atoms with van der Waals surface area (Å²) in [6.45, 7) is 1.81. The Balaban J connectivity index is 3.12. The highest BCUT2D eigenvalue weighted by atomic mass is 35.5. The van der Waals surface area contributed by atoms with E-state index in [0.29, 0.717) is 6.07 Å². The number of hydroxylamine groups is 1. The van der Waals surface area contributed by atoms with E-state index in [-0.39, 0.29) is 16.6 Å². The zero-order valence-electron chi connectivity index (χ0n) is 9.25. The van der Waals surface area contributed by atoms with Crippen molar-refractivity contribution in [1.29, 1.82) is 0 Å². The number of benzene rings is 1.